The SMILES string of the molecule is CCC(C)N1C(=O)C(C)(CC)NC1C(C)C. The van der Waals surface area contributed by atoms with E-state index < -0.39 is 0 Å². The molecular weight excluding hydrogens is 200 g/mol. The lowest BCUT2D eigenvalue weighted by Gasteiger charge is -2.32. The van der Waals surface area contributed by atoms with Crippen molar-refractivity contribution < 1.29 is 4.79 Å². The molecule has 1 rings (SSSR count). The Morgan fingerprint density at radius 1 is 1.38 bits per heavy atom. The van der Waals surface area contributed by atoms with Crippen LogP contribution in [0, 0.1) is 5.92 Å². The van der Waals surface area contributed by atoms with Gasteiger partial charge in [0.15, 0.2) is 0 Å². The normalized spacial score (nSPS) is 32.6. The van der Waals surface area contributed by atoms with Gasteiger partial charge < -0.3 is 4.90 Å². The highest BCUT2D eigenvalue weighted by atomic mass is 16.2. The molecule has 1 fully saturated rings. The highest BCUT2D eigenvalue weighted by molar-refractivity contribution is 5.88. The Kier molecular flexibility index (Phi) is 4.00. The molecule has 0 aromatic carbocycles. The van der Waals surface area contributed by atoms with E-state index in [1.165, 1.54) is 0 Å². The maximum absolute atomic E-state index is 12.4. The lowest BCUT2D eigenvalue weighted by atomic mass is 9.99. The quantitative estimate of drug-likeness (QED) is 0.798. The van der Waals surface area contributed by atoms with Crippen molar-refractivity contribution in [3.8, 4) is 0 Å². The van der Waals surface area contributed by atoms with E-state index in [-0.39, 0.29) is 17.6 Å². The Hall–Kier alpha value is -0.570. The van der Waals surface area contributed by atoms with Gasteiger partial charge >= 0.3 is 0 Å². The topological polar surface area (TPSA) is 32.3 Å². The molecule has 3 atom stereocenters. The van der Waals surface area contributed by atoms with Crippen molar-refractivity contribution in [2.75, 3.05) is 0 Å². The molecule has 0 aromatic rings. The Morgan fingerprint density at radius 3 is 2.31 bits per heavy atom. The summed E-state index contributed by atoms with van der Waals surface area (Å²) in [5.74, 6) is 0.717. The fourth-order valence-electron chi connectivity index (χ4n) is 2.28. The first-order valence-corrected chi connectivity index (χ1v) is 6.47. The minimum atomic E-state index is -0.363. The third-order valence-electron chi connectivity index (χ3n) is 3.88. The second-order valence-electron chi connectivity index (χ2n) is 5.49. The van der Waals surface area contributed by atoms with Crippen LogP contribution in [0.2, 0.25) is 0 Å². The fourth-order valence-corrected chi connectivity index (χ4v) is 2.28. The molecule has 1 amide bonds. The Bertz CT molecular complexity index is 265. The van der Waals surface area contributed by atoms with E-state index in [1.54, 1.807) is 0 Å². The first-order chi connectivity index (χ1) is 7.37. The van der Waals surface area contributed by atoms with Gasteiger partial charge in [0.1, 0.15) is 0 Å². The maximum atomic E-state index is 12.4. The van der Waals surface area contributed by atoms with Gasteiger partial charge in [0, 0.05) is 6.04 Å². The van der Waals surface area contributed by atoms with E-state index in [4.69, 9.17) is 0 Å². The summed E-state index contributed by atoms with van der Waals surface area (Å²) >= 11 is 0. The van der Waals surface area contributed by atoms with Crippen molar-refractivity contribution in [3.05, 3.63) is 0 Å². The maximum Gasteiger partial charge on any atom is 0.244 e. The first-order valence-electron chi connectivity index (χ1n) is 6.47. The fraction of sp³-hybridized carbons (Fsp3) is 0.923. The Balaban J connectivity index is 2.98. The number of amides is 1. The van der Waals surface area contributed by atoms with Crippen molar-refractivity contribution in [1.82, 2.24) is 10.2 Å². The summed E-state index contributed by atoms with van der Waals surface area (Å²) in [6, 6.07) is 0.320. The molecule has 0 spiro atoms. The molecule has 1 heterocycles. The van der Waals surface area contributed by atoms with E-state index in [0.717, 1.165) is 12.8 Å². The van der Waals surface area contributed by atoms with Crippen LogP contribution in [0.25, 0.3) is 0 Å². The lowest BCUT2D eigenvalue weighted by Crippen LogP contribution is -2.46. The van der Waals surface area contributed by atoms with Gasteiger partial charge in [-0.05, 0) is 32.6 Å². The molecule has 0 bridgehead atoms. The highest BCUT2D eigenvalue weighted by Crippen LogP contribution is 2.29. The third-order valence-corrected chi connectivity index (χ3v) is 3.88. The summed E-state index contributed by atoms with van der Waals surface area (Å²) in [5.41, 5.74) is -0.363. The third kappa shape index (κ3) is 2.10. The van der Waals surface area contributed by atoms with E-state index in [1.807, 2.05) is 11.8 Å². The van der Waals surface area contributed by atoms with Gasteiger partial charge in [0.25, 0.3) is 0 Å². The molecule has 0 radical (unpaired) electrons. The first kappa shape index (κ1) is 13.5. The van der Waals surface area contributed by atoms with E-state index >= 15 is 0 Å². The molecule has 1 aliphatic rings. The summed E-state index contributed by atoms with van der Waals surface area (Å²) in [6.07, 6.45) is 2.05. The summed E-state index contributed by atoms with van der Waals surface area (Å²) < 4.78 is 0. The smallest absolute Gasteiger partial charge is 0.244 e. The van der Waals surface area contributed by atoms with Crippen molar-refractivity contribution in [2.24, 2.45) is 5.92 Å². The number of nitrogens with one attached hydrogen (secondary N) is 1. The van der Waals surface area contributed by atoms with E-state index in [9.17, 15) is 4.79 Å². The van der Waals surface area contributed by atoms with Crippen molar-refractivity contribution in [3.63, 3.8) is 0 Å². The van der Waals surface area contributed by atoms with E-state index in [0.29, 0.717) is 12.0 Å². The second-order valence-corrected chi connectivity index (χ2v) is 5.49. The number of hydrogen-bond donors (Lipinski definition) is 1. The van der Waals surface area contributed by atoms with Crippen LogP contribution >= 0.6 is 0 Å². The highest BCUT2D eigenvalue weighted by Gasteiger charge is 2.48. The molecule has 3 heteroatoms. The van der Waals surface area contributed by atoms with Crippen LogP contribution in [0.1, 0.15) is 54.4 Å². The predicted octanol–water partition coefficient (Wildman–Crippen LogP) is 2.37. The van der Waals surface area contributed by atoms with Crippen LogP contribution in [0.3, 0.4) is 0 Å². The average Bonchev–Trinajstić information content (AvgIpc) is 2.52. The molecule has 0 aliphatic carbocycles. The van der Waals surface area contributed by atoms with Crippen molar-refractivity contribution >= 4 is 5.91 Å². The summed E-state index contributed by atoms with van der Waals surface area (Å²) in [4.78, 5) is 14.5. The van der Waals surface area contributed by atoms with Crippen LogP contribution in [-0.2, 0) is 4.79 Å². The largest absolute Gasteiger partial charge is 0.323 e. The van der Waals surface area contributed by atoms with Gasteiger partial charge in [-0.25, -0.2) is 0 Å². The van der Waals surface area contributed by atoms with Crippen molar-refractivity contribution in [2.45, 2.75) is 72.1 Å². The van der Waals surface area contributed by atoms with Crippen molar-refractivity contribution in [1.29, 1.82) is 0 Å². The van der Waals surface area contributed by atoms with Crippen LogP contribution in [0.4, 0.5) is 0 Å². The zero-order chi connectivity index (χ0) is 12.5. The van der Waals surface area contributed by atoms with Gasteiger partial charge in [-0.2, -0.15) is 0 Å². The minimum absolute atomic E-state index is 0.187. The summed E-state index contributed by atoms with van der Waals surface area (Å²) in [6.45, 7) is 12.7. The number of nitrogens with zero attached hydrogens (tertiary/aromatic N) is 1. The number of hydrogen-bond acceptors (Lipinski definition) is 2. The number of carbonyl (C=O) groups excluding carboxylic acids is 1. The lowest BCUT2D eigenvalue weighted by molar-refractivity contribution is -0.135. The standard InChI is InChI=1S/C13H26N2O/c1-7-10(5)15-11(9(3)4)14-13(6,8-2)12(15)16/h9-11,14H,7-8H2,1-6H3. The monoisotopic (exact) mass is 226 g/mol. The van der Waals surface area contributed by atoms with Gasteiger partial charge in [-0.3, -0.25) is 10.1 Å². The predicted molar refractivity (Wildman–Crippen MR) is 67.1 cm³/mol. The molecule has 1 saturated heterocycles. The molecule has 94 valence electrons. The van der Waals surface area contributed by atoms with Gasteiger partial charge in [-0.15, -0.1) is 0 Å². The molecule has 0 saturated carbocycles. The zero-order valence-corrected chi connectivity index (χ0v) is 11.5. The number of carbonyl (C=O) groups is 1. The number of rotatable bonds is 4. The molecular formula is C13H26N2O. The Morgan fingerprint density at radius 2 is 1.94 bits per heavy atom. The second kappa shape index (κ2) is 4.74. The van der Waals surface area contributed by atoms with Crippen LogP contribution in [0.15, 0.2) is 0 Å². The molecule has 16 heavy (non-hydrogen) atoms. The summed E-state index contributed by atoms with van der Waals surface area (Å²) in [7, 11) is 0. The molecule has 0 aromatic heterocycles. The molecule has 3 nitrogen and oxygen atoms in total. The van der Waals surface area contributed by atoms with E-state index in [2.05, 4.69) is 39.9 Å². The molecule has 3 unspecified atom stereocenters. The van der Waals surface area contributed by atoms with Gasteiger partial charge in [0.05, 0.1) is 11.7 Å². The minimum Gasteiger partial charge on any atom is -0.323 e. The average molecular weight is 226 g/mol. The molecule has 1 aliphatic heterocycles. The van der Waals surface area contributed by atoms with Gasteiger partial charge in [-0.1, -0.05) is 27.7 Å². The Labute approximate surface area is 99.6 Å². The van der Waals surface area contributed by atoms with Crippen LogP contribution in [-0.4, -0.2) is 28.6 Å². The zero-order valence-electron chi connectivity index (χ0n) is 11.5. The molecule has 1 N–H and O–H groups in total. The van der Waals surface area contributed by atoms with Crippen LogP contribution < -0.4 is 5.32 Å². The van der Waals surface area contributed by atoms with Gasteiger partial charge in [0.2, 0.25) is 5.91 Å². The summed E-state index contributed by atoms with van der Waals surface area (Å²) in [5, 5.41) is 3.51. The van der Waals surface area contributed by atoms with Crippen LogP contribution in [0.5, 0.6) is 0 Å².